The standard InChI is InChI=1S/C26H20BrN5O4/c1-16(2)25-30-22-9-8-20(27)12-21(22)26(33)31(25)29-14-17-7-10-24(23(11-17)32(34)35)36-15-19-6-4-3-5-18(19)13-28/h3-12,14,16H,15H2,1-2H3. The highest BCUT2D eigenvalue weighted by atomic mass is 79.9. The molecule has 1 aromatic heterocycles. The van der Waals surface area contributed by atoms with Crippen molar-refractivity contribution in [3.05, 3.63) is 108 Å². The van der Waals surface area contributed by atoms with Gasteiger partial charge in [0.1, 0.15) is 12.4 Å². The number of rotatable bonds is 7. The third-order valence-corrected chi connectivity index (χ3v) is 5.87. The van der Waals surface area contributed by atoms with Gasteiger partial charge >= 0.3 is 5.69 Å². The Morgan fingerprint density at radius 3 is 2.72 bits per heavy atom. The van der Waals surface area contributed by atoms with Crippen molar-refractivity contribution in [2.75, 3.05) is 0 Å². The van der Waals surface area contributed by atoms with Crippen LogP contribution < -0.4 is 10.3 Å². The number of benzene rings is 3. The molecular formula is C26H20BrN5O4. The van der Waals surface area contributed by atoms with Crippen molar-refractivity contribution in [3.8, 4) is 11.8 Å². The lowest BCUT2D eigenvalue weighted by atomic mass is 10.1. The second kappa shape index (κ2) is 10.5. The average Bonchev–Trinajstić information content (AvgIpc) is 2.87. The van der Waals surface area contributed by atoms with Crippen molar-refractivity contribution in [2.24, 2.45) is 5.10 Å². The molecule has 0 saturated carbocycles. The molecule has 9 nitrogen and oxygen atoms in total. The Labute approximate surface area is 214 Å². The molecule has 0 aliphatic heterocycles. The van der Waals surface area contributed by atoms with E-state index in [9.17, 15) is 20.2 Å². The van der Waals surface area contributed by atoms with E-state index in [1.807, 2.05) is 19.9 Å². The Morgan fingerprint density at radius 2 is 2.00 bits per heavy atom. The predicted octanol–water partition coefficient (Wildman–Crippen LogP) is 5.52. The quantitative estimate of drug-likeness (QED) is 0.171. The number of nitro benzene ring substituents is 1. The first-order chi connectivity index (χ1) is 17.3. The van der Waals surface area contributed by atoms with Gasteiger partial charge < -0.3 is 4.74 Å². The molecule has 36 heavy (non-hydrogen) atoms. The molecule has 10 heteroatoms. The Hall–Kier alpha value is -4.36. The van der Waals surface area contributed by atoms with Crippen molar-refractivity contribution in [3.63, 3.8) is 0 Å². The summed E-state index contributed by atoms with van der Waals surface area (Å²) in [5, 5.41) is 25.7. The summed E-state index contributed by atoms with van der Waals surface area (Å²) < 4.78 is 7.62. The van der Waals surface area contributed by atoms with Gasteiger partial charge in [0.05, 0.1) is 33.7 Å². The van der Waals surface area contributed by atoms with Crippen LogP contribution in [0.4, 0.5) is 5.69 Å². The largest absolute Gasteiger partial charge is 0.482 e. The molecule has 0 atom stereocenters. The maximum Gasteiger partial charge on any atom is 0.311 e. The van der Waals surface area contributed by atoms with Crippen molar-refractivity contribution in [1.82, 2.24) is 9.66 Å². The minimum absolute atomic E-state index is 0.00344. The smallest absolute Gasteiger partial charge is 0.311 e. The highest BCUT2D eigenvalue weighted by molar-refractivity contribution is 9.10. The van der Waals surface area contributed by atoms with Crippen molar-refractivity contribution in [1.29, 1.82) is 5.26 Å². The Bertz CT molecular complexity index is 1600. The van der Waals surface area contributed by atoms with Crippen molar-refractivity contribution >= 4 is 38.7 Å². The highest BCUT2D eigenvalue weighted by Crippen LogP contribution is 2.29. The fraction of sp³-hybridized carbons (Fsp3) is 0.154. The first kappa shape index (κ1) is 24.8. The third kappa shape index (κ3) is 5.16. The van der Waals surface area contributed by atoms with Crippen LogP contribution in [0.5, 0.6) is 5.75 Å². The third-order valence-electron chi connectivity index (χ3n) is 5.37. The maximum absolute atomic E-state index is 13.2. The van der Waals surface area contributed by atoms with Crippen LogP contribution in [0.1, 0.15) is 42.3 Å². The van der Waals surface area contributed by atoms with E-state index in [0.717, 1.165) is 4.47 Å². The number of nitriles is 1. The van der Waals surface area contributed by atoms with Crippen LogP contribution in [0.15, 0.2) is 75.0 Å². The molecule has 1 heterocycles. The minimum atomic E-state index is -0.552. The van der Waals surface area contributed by atoms with Gasteiger partial charge in [-0.2, -0.15) is 15.0 Å². The van der Waals surface area contributed by atoms with Crippen LogP contribution in [0, 0.1) is 21.4 Å². The van der Waals surface area contributed by atoms with Gasteiger partial charge in [-0.25, -0.2) is 4.98 Å². The zero-order valence-corrected chi connectivity index (χ0v) is 21.0. The van der Waals surface area contributed by atoms with Crippen molar-refractivity contribution < 1.29 is 9.66 Å². The van der Waals surface area contributed by atoms with Crippen LogP contribution in [0.2, 0.25) is 0 Å². The molecule has 180 valence electrons. The monoisotopic (exact) mass is 545 g/mol. The van der Waals surface area contributed by atoms with E-state index in [0.29, 0.717) is 33.4 Å². The predicted molar refractivity (Wildman–Crippen MR) is 139 cm³/mol. The highest BCUT2D eigenvalue weighted by Gasteiger charge is 2.17. The van der Waals surface area contributed by atoms with Gasteiger partial charge in [0.2, 0.25) is 0 Å². The molecule has 4 rings (SSSR count). The topological polar surface area (TPSA) is 123 Å². The summed E-state index contributed by atoms with van der Waals surface area (Å²) in [7, 11) is 0. The number of hydrogen-bond acceptors (Lipinski definition) is 7. The number of ether oxygens (including phenoxy) is 1. The fourth-order valence-electron chi connectivity index (χ4n) is 3.57. The summed E-state index contributed by atoms with van der Waals surface area (Å²) in [6.45, 7) is 3.81. The zero-order valence-electron chi connectivity index (χ0n) is 19.4. The molecule has 4 aromatic rings. The SMILES string of the molecule is CC(C)c1nc2ccc(Br)cc2c(=O)n1N=Cc1ccc(OCc2ccccc2C#N)c([N+](=O)[O-])c1. The molecule has 0 unspecified atom stereocenters. The number of aromatic nitrogens is 2. The van der Waals surface area contributed by atoms with Crippen LogP contribution in [-0.2, 0) is 6.61 Å². The second-order valence-corrected chi connectivity index (χ2v) is 9.11. The Morgan fingerprint density at radius 1 is 1.22 bits per heavy atom. The summed E-state index contributed by atoms with van der Waals surface area (Å²) >= 11 is 3.37. The lowest BCUT2D eigenvalue weighted by molar-refractivity contribution is -0.385. The van der Waals surface area contributed by atoms with Gasteiger partial charge in [-0.05, 0) is 36.4 Å². The first-order valence-corrected chi connectivity index (χ1v) is 11.7. The molecule has 0 fully saturated rings. The van der Waals surface area contributed by atoms with Crippen LogP contribution in [-0.4, -0.2) is 20.8 Å². The Balaban J connectivity index is 1.68. The van der Waals surface area contributed by atoms with Crippen LogP contribution in [0.3, 0.4) is 0 Å². The summed E-state index contributed by atoms with van der Waals surface area (Å²) in [6.07, 6.45) is 1.38. The molecule has 0 bridgehead atoms. The maximum atomic E-state index is 13.2. The average molecular weight is 546 g/mol. The number of nitro groups is 1. The van der Waals surface area contributed by atoms with Crippen LogP contribution in [0.25, 0.3) is 10.9 Å². The molecule has 0 saturated heterocycles. The van der Waals surface area contributed by atoms with Gasteiger partial charge in [-0.1, -0.05) is 48.0 Å². The molecule has 0 aliphatic rings. The van der Waals surface area contributed by atoms with Gasteiger partial charge in [-0.15, -0.1) is 0 Å². The molecule has 0 radical (unpaired) electrons. The second-order valence-electron chi connectivity index (χ2n) is 8.19. The number of halogens is 1. The molecule has 3 aromatic carbocycles. The molecule has 0 amide bonds. The zero-order chi connectivity index (χ0) is 25.8. The fourth-order valence-corrected chi connectivity index (χ4v) is 3.93. The van der Waals surface area contributed by atoms with Crippen molar-refractivity contribution in [2.45, 2.75) is 26.4 Å². The van der Waals surface area contributed by atoms with E-state index in [-0.39, 0.29) is 29.5 Å². The summed E-state index contributed by atoms with van der Waals surface area (Å²) in [6, 6.07) is 18.6. The van der Waals surface area contributed by atoms with Gasteiger partial charge in [0, 0.05) is 27.6 Å². The summed E-state index contributed by atoms with van der Waals surface area (Å²) in [5.41, 5.74) is 1.43. The van der Waals surface area contributed by atoms with E-state index in [1.165, 1.54) is 23.0 Å². The van der Waals surface area contributed by atoms with Gasteiger partial charge in [0.15, 0.2) is 5.75 Å². The molecule has 0 N–H and O–H groups in total. The van der Waals surface area contributed by atoms with Crippen LogP contribution >= 0.6 is 15.9 Å². The molecular weight excluding hydrogens is 526 g/mol. The normalized spacial score (nSPS) is 11.2. The minimum Gasteiger partial charge on any atom is -0.482 e. The lowest BCUT2D eigenvalue weighted by Gasteiger charge is -2.12. The lowest BCUT2D eigenvalue weighted by Crippen LogP contribution is -2.23. The number of hydrogen-bond donors (Lipinski definition) is 0. The molecule has 0 spiro atoms. The first-order valence-electron chi connectivity index (χ1n) is 10.9. The van der Waals surface area contributed by atoms with Gasteiger partial charge in [0.25, 0.3) is 5.56 Å². The number of nitrogens with zero attached hydrogens (tertiary/aromatic N) is 5. The summed E-state index contributed by atoms with van der Waals surface area (Å²) in [4.78, 5) is 28.9. The van der Waals surface area contributed by atoms with Gasteiger partial charge in [-0.3, -0.25) is 14.9 Å². The van der Waals surface area contributed by atoms with E-state index >= 15 is 0 Å². The Kier molecular flexibility index (Phi) is 7.22. The molecule has 0 aliphatic carbocycles. The van der Waals surface area contributed by atoms with E-state index in [2.05, 4.69) is 32.1 Å². The summed E-state index contributed by atoms with van der Waals surface area (Å²) in [5.74, 6) is 0.433. The van der Waals surface area contributed by atoms with E-state index < -0.39 is 4.92 Å². The number of fused-ring (bicyclic) bond motifs is 1. The van der Waals surface area contributed by atoms with E-state index in [1.54, 1.807) is 42.5 Å². The van der Waals surface area contributed by atoms with E-state index in [4.69, 9.17) is 4.74 Å².